The normalized spacial score (nSPS) is 15.8. The molecule has 4 nitrogen and oxygen atoms in total. The van der Waals surface area contributed by atoms with E-state index < -0.39 is 0 Å². The summed E-state index contributed by atoms with van der Waals surface area (Å²) in [5, 5.41) is 7.95. The summed E-state index contributed by atoms with van der Waals surface area (Å²) >= 11 is 6.54. The van der Waals surface area contributed by atoms with Crippen LogP contribution in [0, 0.1) is 9.77 Å². The maximum Gasteiger partial charge on any atom is 0.207 e. The van der Waals surface area contributed by atoms with E-state index in [9.17, 15) is 4.39 Å². The number of hydrogen-bond acceptors (Lipinski definition) is 5. The van der Waals surface area contributed by atoms with E-state index in [1.54, 1.807) is 0 Å². The van der Waals surface area contributed by atoms with E-state index >= 15 is 0 Å². The number of aromatic amines is 1. The third kappa shape index (κ3) is 2.76. The van der Waals surface area contributed by atoms with Crippen molar-refractivity contribution in [3.05, 3.63) is 34.0 Å². The highest BCUT2D eigenvalue weighted by molar-refractivity contribution is 7.73. The van der Waals surface area contributed by atoms with Gasteiger partial charge in [0.05, 0.1) is 0 Å². The van der Waals surface area contributed by atoms with Crippen molar-refractivity contribution in [3.8, 4) is 0 Å². The zero-order chi connectivity index (χ0) is 13.2. The van der Waals surface area contributed by atoms with Crippen molar-refractivity contribution >= 4 is 34.4 Å². The van der Waals surface area contributed by atoms with Gasteiger partial charge in [0.1, 0.15) is 5.82 Å². The number of hydrogen-bond donors (Lipinski definition) is 1. The number of benzene rings is 1. The number of piperazine rings is 1. The number of nitrogens with one attached hydrogen (secondary N) is 1. The highest BCUT2D eigenvalue weighted by Gasteiger charge is 2.19. The number of nitrogens with zero attached hydrogens (tertiary/aromatic N) is 3. The quantitative estimate of drug-likeness (QED) is 0.864. The summed E-state index contributed by atoms with van der Waals surface area (Å²) in [5.41, 5.74) is 1.07. The van der Waals surface area contributed by atoms with E-state index in [0.29, 0.717) is 3.95 Å². The molecule has 1 aromatic heterocycles. The third-order valence-electron chi connectivity index (χ3n) is 3.17. The largest absolute Gasteiger partial charge is 0.368 e. The molecule has 100 valence electrons. The molecule has 7 heteroatoms. The van der Waals surface area contributed by atoms with Crippen LogP contribution < -0.4 is 9.80 Å². The molecule has 0 unspecified atom stereocenters. The molecule has 2 aromatic rings. The van der Waals surface area contributed by atoms with Gasteiger partial charge in [0, 0.05) is 31.9 Å². The molecule has 0 spiro atoms. The Hall–Kier alpha value is -1.47. The van der Waals surface area contributed by atoms with E-state index in [4.69, 9.17) is 12.2 Å². The Balaban J connectivity index is 1.66. The Labute approximate surface area is 119 Å². The SMILES string of the molecule is Fc1ccc(N2CCN(c3n[nH]c(=S)s3)CC2)cc1. The molecule has 19 heavy (non-hydrogen) atoms. The van der Waals surface area contributed by atoms with Gasteiger partial charge >= 0.3 is 0 Å². The predicted octanol–water partition coefficient (Wildman–Crippen LogP) is 2.67. The molecule has 1 aliphatic heterocycles. The third-order valence-corrected chi connectivity index (χ3v) is 4.32. The fraction of sp³-hybridized carbons (Fsp3) is 0.333. The summed E-state index contributed by atoms with van der Waals surface area (Å²) in [5.74, 6) is -0.196. The summed E-state index contributed by atoms with van der Waals surface area (Å²) < 4.78 is 13.6. The number of aromatic nitrogens is 2. The van der Waals surface area contributed by atoms with Gasteiger partial charge in [-0.2, -0.15) is 0 Å². The first kappa shape index (κ1) is 12.6. The number of H-pyrrole nitrogens is 1. The monoisotopic (exact) mass is 296 g/mol. The van der Waals surface area contributed by atoms with E-state index in [2.05, 4.69) is 20.0 Å². The lowest BCUT2D eigenvalue weighted by Crippen LogP contribution is -2.46. The van der Waals surface area contributed by atoms with Crippen LogP contribution in [0.3, 0.4) is 0 Å². The minimum absolute atomic E-state index is 0.196. The lowest BCUT2D eigenvalue weighted by Gasteiger charge is -2.35. The van der Waals surface area contributed by atoms with Crippen LogP contribution >= 0.6 is 23.6 Å². The molecule has 1 N–H and O–H groups in total. The van der Waals surface area contributed by atoms with Gasteiger partial charge < -0.3 is 9.80 Å². The van der Waals surface area contributed by atoms with Crippen LogP contribution in [-0.4, -0.2) is 36.4 Å². The average Bonchev–Trinajstić information content (AvgIpc) is 2.87. The minimum Gasteiger partial charge on any atom is -0.368 e. The topological polar surface area (TPSA) is 35.2 Å². The van der Waals surface area contributed by atoms with E-state index in [-0.39, 0.29) is 5.82 Å². The first-order valence-electron chi connectivity index (χ1n) is 6.03. The summed E-state index contributed by atoms with van der Waals surface area (Å²) in [4.78, 5) is 4.47. The second-order valence-electron chi connectivity index (χ2n) is 4.35. The Kier molecular flexibility index (Phi) is 3.48. The van der Waals surface area contributed by atoms with Gasteiger partial charge in [0.2, 0.25) is 5.13 Å². The molecule has 0 aliphatic carbocycles. The van der Waals surface area contributed by atoms with Crippen molar-refractivity contribution in [2.24, 2.45) is 0 Å². The molecular weight excluding hydrogens is 283 g/mol. The number of halogens is 1. The Bertz CT molecular complexity index is 599. The molecule has 0 amide bonds. The number of rotatable bonds is 2. The summed E-state index contributed by atoms with van der Waals surface area (Å²) in [7, 11) is 0. The molecule has 1 saturated heterocycles. The van der Waals surface area contributed by atoms with Crippen LogP contribution in [-0.2, 0) is 0 Å². The molecule has 0 bridgehead atoms. The van der Waals surface area contributed by atoms with Gasteiger partial charge in [0.25, 0.3) is 0 Å². The fourth-order valence-corrected chi connectivity index (χ4v) is 3.09. The van der Waals surface area contributed by atoms with Gasteiger partial charge in [0.15, 0.2) is 3.95 Å². The van der Waals surface area contributed by atoms with Gasteiger partial charge in [-0.25, -0.2) is 4.39 Å². The first-order chi connectivity index (χ1) is 9.22. The van der Waals surface area contributed by atoms with Crippen molar-refractivity contribution in [2.45, 2.75) is 0 Å². The molecular formula is C12H13FN4S2. The smallest absolute Gasteiger partial charge is 0.207 e. The van der Waals surface area contributed by atoms with Crippen LogP contribution in [0.25, 0.3) is 0 Å². The molecule has 2 heterocycles. The summed E-state index contributed by atoms with van der Waals surface area (Å²) in [6.45, 7) is 3.59. The standard InChI is InChI=1S/C12H13FN4S2/c13-9-1-3-10(4-2-9)16-5-7-17(8-6-16)11-14-15-12(18)19-11/h1-4H,5-8H2,(H,15,18). The van der Waals surface area contributed by atoms with Crippen molar-refractivity contribution in [3.63, 3.8) is 0 Å². The second kappa shape index (κ2) is 5.26. The molecule has 3 rings (SSSR count). The van der Waals surface area contributed by atoms with Gasteiger partial charge in [-0.15, -0.1) is 5.10 Å². The minimum atomic E-state index is -0.196. The van der Waals surface area contributed by atoms with Crippen molar-refractivity contribution in [1.82, 2.24) is 10.2 Å². The average molecular weight is 296 g/mol. The van der Waals surface area contributed by atoms with E-state index in [1.165, 1.54) is 23.5 Å². The van der Waals surface area contributed by atoms with Crippen molar-refractivity contribution in [2.75, 3.05) is 36.0 Å². The van der Waals surface area contributed by atoms with Crippen LogP contribution in [0.2, 0.25) is 0 Å². The molecule has 0 atom stereocenters. The Morgan fingerprint density at radius 1 is 1.11 bits per heavy atom. The van der Waals surface area contributed by atoms with Gasteiger partial charge in [-0.1, -0.05) is 11.3 Å². The Morgan fingerprint density at radius 3 is 2.32 bits per heavy atom. The van der Waals surface area contributed by atoms with Crippen LogP contribution in [0.15, 0.2) is 24.3 Å². The van der Waals surface area contributed by atoms with E-state index in [0.717, 1.165) is 37.0 Å². The molecule has 0 saturated carbocycles. The maximum absolute atomic E-state index is 12.9. The number of anilines is 2. The van der Waals surface area contributed by atoms with Crippen molar-refractivity contribution < 1.29 is 4.39 Å². The highest BCUT2D eigenvalue weighted by atomic mass is 32.1. The molecule has 1 aliphatic rings. The van der Waals surface area contributed by atoms with Gasteiger partial charge in [-0.3, -0.25) is 5.10 Å². The molecule has 0 radical (unpaired) electrons. The molecule has 1 aromatic carbocycles. The predicted molar refractivity (Wildman–Crippen MR) is 78.1 cm³/mol. The van der Waals surface area contributed by atoms with Crippen LogP contribution in [0.1, 0.15) is 0 Å². The zero-order valence-corrected chi connectivity index (χ0v) is 11.8. The lowest BCUT2D eigenvalue weighted by molar-refractivity contribution is 0.624. The lowest BCUT2D eigenvalue weighted by atomic mass is 10.2. The van der Waals surface area contributed by atoms with Crippen molar-refractivity contribution in [1.29, 1.82) is 0 Å². The zero-order valence-electron chi connectivity index (χ0n) is 10.2. The molecule has 1 fully saturated rings. The summed E-state index contributed by atoms with van der Waals surface area (Å²) in [6.07, 6.45) is 0. The maximum atomic E-state index is 12.9. The first-order valence-corrected chi connectivity index (χ1v) is 7.26. The van der Waals surface area contributed by atoms with Crippen LogP contribution in [0.4, 0.5) is 15.2 Å². The van der Waals surface area contributed by atoms with Gasteiger partial charge in [-0.05, 0) is 36.5 Å². The highest BCUT2D eigenvalue weighted by Crippen LogP contribution is 2.22. The second-order valence-corrected chi connectivity index (χ2v) is 5.99. The van der Waals surface area contributed by atoms with Crippen LogP contribution in [0.5, 0.6) is 0 Å². The van der Waals surface area contributed by atoms with E-state index in [1.807, 2.05) is 12.1 Å². The fourth-order valence-electron chi connectivity index (χ4n) is 2.17. The summed E-state index contributed by atoms with van der Waals surface area (Å²) in [6, 6.07) is 6.65. The Morgan fingerprint density at radius 2 is 1.74 bits per heavy atom.